The number of nitrogens with one attached hydrogen (secondary N) is 1. The first-order valence-electron chi connectivity index (χ1n) is 10.9. The van der Waals surface area contributed by atoms with E-state index >= 15 is 0 Å². The van der Waals surface area contributed by atoms with E-state index in [1.807, 2.05) is 39.8 Å². The van der Waals surface area contributed by atoms with Crippen molar-refractivity contribution in [2.75, 3.05) is 5.32 Å². The zero-order valence-corrected chi connectivity index (χ0v) is 20.7. The normalized spacial score (nSPS) is 11.8. The fourth-order valence-corrected chi connectivity index (χ4v) is 5.03. The molecule has 4 heterocycles. The summed E-state index contributed by atoms with van der Waals surface area (Å²) in [7, 11) is 0. The molecule has 0 unspecified atom stereocenters. The summed E-state index contributed by atoms with van der Waals surface area (Å²) in [5, 5.41) is 24.9. The summed E-state index contributed by atoms with van der Waals surface area (Å²) >= 11 is 2.87. The predicted octanol–water partition coefficient (Wildman–Crippen LogP) is 5.84. The lowest BCUT2D eigenvalue weighted by Crippen LogP contribution is -2.21. The molecule has 0 saturated heterocycles. The Kier molecular flexibility index (Phi) is 6.18. The van der Waals surface area contributed by atoms with E-state index in [-0.39, 0.29) is 11.6 Å². The Labute approximate surface area is 208 Å². The molecule has 10 heteroatoms. The van der Waals surface area contributed by atoms with Crippen molar-refractivity contribution in [2.24, 2.45) is 0 Å². The monoisotopic (exact) mass is 507 g/mol. The molecule has 0 aliphatic rings. The number of hydrogen-bond acceptors (Lipinski definition) is 7. The second kappa shape index (κ2) is 9.29. The van der Waals surface area contributed by atoms with E-state index in [1.165, 1.54) is 23.6 Å². The van der Waals surface area contributed by atoms with E-state index in [0.29, 0.717) is 29.2 Å². The molecule has 0 atom stereocenters. The van der Waals surface area contributed by atoms with Crippen LogP contribution in [0.25, 0.3) is 32.6 Å². The van der Waals surface area contributed by atoms with E-state index in [9.17, 15) is 14.3 Å². The number of thiazole rings is 1. The lowest BCUT2D eigenvalue weighted by Gasteiger charge is -2.16. The fourth-order valence-electron chi connectivity index (χ4n) is 3.58. The van der Waals surface area contributed by atoms with E-state index in [4.69, 9.17) is 0 Å². The van der Waals surface area contributed by atoms with Crippen molar-refractivity contribution < 1.29 is 14.3 Å². The molecule has 7 nitrogen and oxygen atoms in total. The Morgan fingerprint density at radius 1 is 1.20 bits per heavy atom. The first-order chi connectivity index (χ1) is 16.7. The Balaban J connectivity index is 1.45. The van der Waals surface area contributed by atoms with Gasteiger partial charge in [-0.2, -0.15) is 20.8 Å². The predicted molar refractivity (Wildman–Crippen MR) is 137 cm³/mol. The average Bonchev–Trinajstić information content (AvgIpc) is 3.57. The number of rotatable bonds is 7. The van der Waals surface area contributed by atoms with Crippen LogP contribution in [0.15, 0.2) is 58.9 Å². The smallest absolute Gasteiger partial charge is 0.275 e. The standard InChI is InChI=1S/C25H22FN5O2S2/c1-25(2,33)6-7-31-12-17-9-20(18(10-19(17)30-31)16-5-8-34-13-16)28-23(32)21-14-35-24(29-21)15-3-4-22(26)27-11-15/h3-5,8-14,33H,6-7H2,1-2H3,(H,28,32). The molecule has 35 heavy (non-hydrogen) atoms. The number of carbonyl (C=O) groups is 1. The first kappa shape index (κ1) is 23.3. The van der Waals surface area contributed by atoms with Gasteiger partial charge in [0.15, 0.2) is 0 Å². The molecular formula is C25H22FN5O2S2. The first-order valence-corrected chi connectivity index (χ1v) is 12.7. The molecule has 0 spiro atoms. The highest BCUT2D eigenvalue weighted by molar-refractivity contribution is 7.13. The Bertz CT molecular complexity index is 1480. The lowest BCUT2D eigenvalue weighted by molar-refractivity contribution is 0.0651. The third kappa shape index (κ3) is 5.29. The van der Waals surface area contributed by atoms with Crippen LogP contribution in [0.3, 0.4) is 0 Å². The molecule has 5 aromatic rings. The van der Waals surface area contributed by atoms with Crippen molar-refractivity contribution in [1.29, 1.82) is 0 Å². The number of halogens is 1. The Hall–Kier alpha value is -3.47. The number of thiophene rings is 1. The van der Waals surface area contributed by atoms with Gasteiger partial charge >= 0.3 is 0 Å². The van der Waals surface area contributed by atoms with E-state index in [2.05, 4.69) is 20.4 Å². The van der Waals surface area contributed by atoms with Crippen LogP contribution < -0.4 is 5.32 Å². The van der Waals surface area contributed by atoms with Crippen LogP contribution in [-0.2, 0) is 6.54 Å². The highest BCUT2D eigenvalue weighted by atomic mass is 32.1. The molecular weight excluding hydrogens is 485 g/mol. The molecule has 178 valence electrons. The number of nitrogens with zero attached hydrogens (tertiary/aromatic N) is 4. The van der Waals surface area contributed by atoms with Crippen LogP contribution in [0.1, 0.15) is 30.8 Å². The Morgan fingerprint density at radius 2 is 2.06 bits per heavy atom. The van der Waals surface area contributed by atoms with Crippen LogP contribution in [0.5, 0.6) is 0 Å². The van der Waals surface area contributed by atoms with E-state index in [0.717, 1.165) is 22.0 Å². The second-order valence-corrected chi connectivity index (χ2v) is 10.4. The van der Waals surface area contributed by atoms with E-state index in [1.54, 1.807) is 36.6 Å². The van der Waals surface area contributed by atoms with Crippen LogP contribution in [-0.4, -0.2) is 36.4 Å². The zero-order chi connectivity index (χ0) is 24.6. The summed E-state index contributed by atoms with van der Waals surface area (Å²) < 4.78 is 14.9. The van der Waals surface area contributed by atoms with Crippen molar-refractivity contribution in [3.63, 3.8) is 0 Å². The number of amides is 1. The maximum absolute atomic E-state index is 13.1. The number of hydrogen-bond donors (Lipinski definition) is 2. The number of aromatic nitrogens is 4. The quantitative estimate of drug-likeness (QED) is 0.270. The summed E-state index contributed by atoms with van der Waals surface area (Å²) in [6, 6.07) is 8.71. The van der Waals surface area contributed by atoms with Gasteiger partial charge in [0.2, 0.25) is 5.95 Å². The SMILES string of the molecule is CC(C)(O)CCn1cc2cc(NC(=O)c3csc(-c4ccc(F)nc4)n3)c(-c3ccsc3)cc2n1. The maximum atomic E-state index is 13.1. The van der Waals surface area contributed by atoms with Crippen molar-refractivity contribution >= 4 is 45.2 Å². The molecule has 0 fully saturated rings. The fraction of sp³-hybridized carbons (Fsp3) is 0.200. The topological polar surface area (TPSA) is 92.9 Å². The Morgan fingerprint density at radius 3 is 2.77 bits per heavy atom. The lowest BCUT2D eigenvalue weighted by atomic mass is 10.0. The average molecular weight is 508 g/mol. The molecule has 4 aromatic heterocycles. The number of carbonyl (C=O) groups excluding carboxylic acids is 1. The summed E-state index contributed by atoms with van der Waals surface area (Å²) in [5.41, 5.74) is 3.43. The molecule has 1 amide bonds. The molecule has 5 rings (SSSR count). The van der Waals surface area contributed by atoms with Crippen LogP contribution in [0.2, 0.25) is 0 Å². The summed E-state index contributed by atoms with van der Waals surface area (Å²) in [5.74, 6) is -0.907. The van der Waals surface area contributed by atoms with Gasteiger partial charge in [-0.1, -0.05) is 0 Å². The summed E-state index contributed by atoms with van der Waals surface area (Å²) in [6.07, 6.45) is 3.88. The number of aliphatic hydroxyl groups is 1. The van der Waals surface area contributed by atoms with Gasteiger partial charge in [0.1, 0.15) is 10.7 Å². The van der Waals surface area contributed by atoms with Gasteiger partial charge < -0.3 is 10.4 Å². The van der Waals surface area contributed by atoms with Gasteiger partial charge in [-0.15, -0.1) is 11.3 Å². The van der Waals surface area contributed by atoms with Crippen molar-refractivity contribution in [1.82, 2.24) is 19.7 Å². The minimum Gasteiger partial charge on any atom is -0.390 e. The molecule has 0 aliphatic carbocycles. The highest BCUT2D eigenvalue weighted by Gasteiger charge is 2.18. The van der Waals surface area contributed by atoms with Crippen LogP contribution in [0, 0.1) is 5.95 Å². The van der Waals surface area contributed by atoms with Gasteiger partial charge in [0, 0.05) is 46.5 Å². The van der Waals surface area contributed by atoms with Crippen LogP contribution in [0.4, 0.5) is 10.1 Å². The summed E-state index contributed by atoms with van der Waals surface area (Å²) in [4.78, 5) is 21.2. The van der Waals surface area contributed by atoms with Crippen molar-refractivity contribution in [3.05, 3.63) is 70.5 Å². The van der Waals surface area contributed by atoms with Gasteiger partial charge in [0.05, 0.1) is 11.1 Å². The van der Waals surface area contributed by atoms with E-state index < -0.39 is 11.5 Å². The number of benzene rings is 1. The molecule has 2 N–H and O–H groups in total. The largest absolute Gasteiger partial charge is 0.390 e. The number of pyridine rings is 1. The number of aryl methyl sites for hydroxylation is 1. The third-order valence-corrected chi connectivity index (χ3v) is 7.01. The minimum absolute atomic E-state index is 0.270. The number of anilines is 1. The summed E-state index contributed by atoms with van der Waals surface area (Å²) in [6.45, 7) is 4.12. The molecule has 0 bridgehead atoms. The molecule has 0 saturated carbocycles. The highest BCUT2D eigenvalue weighted by Crippen LogP contribution is 2.34. The van der Waals surface area contributed by atoms with Crippen molar-refractivity contribution in [3.8, 4) is 21.7 Å². The van der Waals surface area contributed by atoms with Gasteiger partial charge in [0.25, 0.3) is 5.91 Å². The maximum Gasteiger partial charge on any atom is 0.275 e. The molecule has 0 aliphatic heterocycles. The zero-order valence-electron chi connectivity index (χ0n) is 19.0. The van der Waals surface area contributed by atoms with Gasteiger partial charge in [-0.3, -0.25) is 9.48 Å². The number of fused-ring (bicyclic) bond motifs is 1. The van der Waals surface area contributed by atoms with Gasteiger partial charge in [-0.05, 0) is 66.9 Å². The second-order valence-electron chi connectivity index (χ2n) is 8.78. The molecule has 1 aromatic carbocycles. The van der Waals surface area contributed by atoms with Crippen molar-refractivity contribution in [2.45, 2.75) is 32.4 Å². The minimum atomic E-state index is -0.782. The third-order valence-electron chi connectivity index (χ3n) is 5.44. The van der Waals surface area contributed by atoms with Gasteiger partial charge in [-0.25, -0.2) is 9.97 Å². The van der Waals surface area contributed by atoms with Crippen LogP contribution >= 0.6 is 22.7 Å². The molecule has 0 radical (unpaired) electrons.